The van der Waals surface area contributed by atoms with Crippen LogP contribution >= 0.6 is 0 Å². The molecule has 0 saturated carbocycles. The Labute approximate surface area is 102 Å². The number of ether oxygens (including phenoxy) is 1. The van der Waals surface area contributed by atoms with E-state index in [4.69, 9.17) is 4.74 Å². The number of benzene rings is 1. The molecule has 1 amide bonds. The first-order chi connectivity index (χ1) is 8.19. The molecule has 3 nitrogen and oxygen atoms in total. The van der Waals surface area contributed by atoms with Gasteiger partial charge in [-0.1, -0.05) is 24.8 Å². The summed E-state index contributed by atoms with van der Waals surface area (Å²) < 4.78 is 5.53. The van der Waals surface area contributed by atoms with Crippen LogP contribution in [0.1, 0.15) is 19.4 Å². The van der Waals surface area contributed by atoms with Crippen LogP contribution in [-0.2, 0) is 9.53 Å². The fourth-order valence-electron chi connectivity index (χ4n) is 1.47. The third-order valence-corrected chi connectivity index (χ3v) is 2.07. The first-order valence-corrected chi connectivity index (χ1v) is 5.51. The molecule has 1 rings (SSSR count). The van der Waals surface area contributed by atoms with Crippen molar-refractivity contribution in [3.05, 3.63) is 48.6 Å². The smallest absolute Gasteiger partial charge is 0.221 e. The second-order valence-corrected chi connectivity index (χ2v) is 3.43. The van der Waals surface area contributed by atoms with Crippen LogP contribution in [0.5, 0.6) is 0 Å². The quantitative estimate of drug-likeness (QED) is 0.624. The molecule has 1 N–H and O–H groups in total. The van der Waals surface area contributed by atoms with E-state index in [1.807, 2.05) is 31.2 Å². The summed E-state index contributed by atoms with van der Waals surface area (Å²) in [6.07, 6.45) is 3.44. The Morgan fingerprint density at radius 2 is 2.18 bits per heavy atom. The number of nitrogens with one attached hydrogen (secondary N) is 1. The summed E-state index contributed by atoms with van der Waals surface area (Å²) in [6, 6.07) is 7.51. The number of rotatable bonds is 5. The number of allylic oxidation sites excluding steroid dienone is 2. The van der Waals surface area contributed by atoms with Crippen LogP contribution in [0.25, 0.3) is 5.76 Å². The van der Waals surface area contributed by atoms with Crippen molar-refractivity contribution < 1.29 is 9.53 Å². The molecule has 0 unspecified atom stereocenters. The number of anilines is 1. The average Bonchev–Trinajstić information content (AvgIpc) is 2.29. The standard InChI is InChI=1S/C14H17NO2/c1-4-8-14(17-5-2)12-9-6-7-10-13(12)15-11(3)16/h4,6-10H,1,5H2,2-3H3,(H,15,16)/b14-8+. The Morgan fingerprint density at radius 1 is 1.47 bits per heavy atom. The maximum atomic E-state index is 11.1. The molecule has 3 heteroatoms. The van der Waals surface area contributed by atoms with Gasteiger partial charge in [-0.15, -0.1) is 0 Å². The molecule has 17 heavy (non-hydrogen) atoms. The summed E-state index contributed by atoms with van der Waals surface area (Å²) in [7, 11) is 0. The van der Waals surface area contributed by atoms with Gasteiger partial charge in [0.15, 0.2) is 0 Å². The van der Waals surface area contributed by atoms with Crippen molar-refractivity contribution in [3.63, 3.8) is 0 Å². The van der Waals surface area contributed by atoms with Crippen molar-refractivity contribution in [1.82, 2.24) is 0 Å². The van der Waals surface area contributed by atoms with E-state index in [1.165, 1.54) is 6.92 Å². The highest BCUT2D eigenvalue weighted by Gasteiger charge is 2.08. The van der Waals surface area contributed by atoms with E-state index in [0.29, 0.717) is 12.4 Å². The predicted octanol–water partition coefficient (Wildman–Crippen LogP) is 3.21. The van der Waals surface area contributed by atoms with Gasteiger partial charge in [-0.05, 0) is 25.1 Å². The second-order valence-electron chi connectivity index (χ2n) is 3.43. The molecule has 0 aliphatic heterocycles. The molecular formula is C14H17NO2. The zero-order valence-electron chi connectivity index (χ0n) is 10.2. The van der Waals surface area contributed by atoms with Gasteiger partial charge in [0.2, 0.25) is 5.91 Å². The fourth-order valence-corrected chi connectivity index (χ4v) is 1.47. The minimum atomic E-state index is -0.105. The molecule has 1 aromatic rings. The van der Waals surface area contributed by atoms with Crippen LogP contribution in [0.2, 0.25) is 0 Å². The highest BCUT2D eigenvalue weighted by Crippen LogP contribution is 2.24. The Morgan fingerprint density at radius 3 is 2.76 bits per heavy atom. The van der Waals surface area contributed by atoms with Crippen LogP contribution < -0.4 is 5.32 Å². The van der Waals surface area contributed by atoms with Crippen molar-refractivity contribution >= 4 is 17.4 Å². The first-order valence-electron chi connectivity index (χ1n) is 5.51. The predicted molar refractivity (Wildman–Crippen MR) is 70.5 cm³/mol. The number of carbonyl (C=O) groups excluding carboxylic acids is 1. The van der Waals surface area contributed by atoms with Gasteiger partial charge < -0.3 is 10.1 Å². The van der Waals surface area contributed by atoms with E-state index in [0.717, 1.165) is 11.3 Å². The van der Waals surface area contributed by atoms with Gasteiger partial charge in [0, 0.05) is 12.5 Å². The summed E-state index contributed by atoms with van der Waals surface area (Å²) >= 11 is 0. The molecular weight excluding hydrogens is 214 g/mol. The lowest BCUT2D eigenvalue weighted by Gasteiger charge is -2.13. The van der Waals surface area contributed by atoms with Crippen LogP contribution in [-0.4, -0.2) is 12.5 Å². The van der Waals surface area contributed by atoms with Gasteiger partial charge in [-0.2, -0.15) is 0 Å². The lowest BCUT2D eigenvalue weighted by Crippen LogP contribution is -2.08. The van der Waals surface area contributed by atoms with Crippen LogP contribution in [0, 0.1) is 0 Å². The zero-order chi connectivity index (χ0) is 12.7. The van der Waals surface area contributed by atoms with Crippen molar-refractivity contribution in [3.8, 4) is 0 Å². The molecule has 0 spiro atoms. The SMILES string of the molecule is C=C/C=C(/OCC)c1ccccc1NC(C)=O. The van der Waals surface area contributed by atoms with E-state index >= 15 is 0 Å². The Hall–Kier alpha value is -2.03. The summed E-state index contributed by atoms with van der Waals surface area (Å²) in [5.74, 6) is 0.596. The van der Waals surface area contributed by atoms with E-state index in [1.54, 1.807) is 12.2 Å². The van der Waals surface area contributed by atoms with Gasteiger partial charge in [0.05, 0.1) is 12.3 Å². The molecule has 0 aliphatic rings. The number of hydrogen-bond donors (Lipinski definition) is 1. The molecule has 90 valence electrons. The molecule has 0 fully saturated rings. The third kappa shape index (κ3) is 3.79. The largest absolute Gasteiger partial charge is 0.493 e. The minimum absolute atomic E-state index is 0.105. The molecule has 0 radical (unpaired) electrons. The third-order valence-electron chi connectivity index (χ3n) is 2.07. The summed E-state index contributed by atoms with van der Waals surface area (Å²) in [6.45, 7) is 7.61. The van der Waals surface area contributed by atoms with Crippen LogP contribution in [0.15, 0.2) is 43.0 Å². The average molecular weight is 231 g/mol. The minimum Gasteiger partial charge on any atom is -0.493 e. The number of para-hydroxylation sites is 1. The highest BCUT2D eigenvalue weighted by atomic mass is 16.5. The van der Waals surface area contributed by atoms with Gasteiger partial charge in [0.25, 0.3) is 0 Å². The lowest BCUT2D eigenvalue weighted by molar-refractivity contribution is -0.114. The number of amides is 1. The zero-order valence-corrected chi connectivity index (χ0v) is 10.2. The molecule has 0 bridgehead atoms. The fraction of sp³-hybridized carbons (Fsp3) is 0.214. The van der Waals surface area contributed by atoms with E-state index in [9.17, 15) is 4.79 Å². The Balaban J connectivity index is 3.13. The summed E-state index contributed by atoms with van der Waals surface area (Å²) in [4.78, 5) is 11.1. The van der Waals surface area contributed by atoms with Crippen molar-refractivity contribution in [2.24, 2.45) is 0 Å². The molecule has 1 aromatic carbocycles. The van der Waals surface area contributed by atoms with Crippen molar-refractivity contribution in [2.45, 2.75) is 13.8 Å². The number of carbonyl (C=O) groups is 1. The second kappa shape index (κ2) is 6.53. The summed E-state index contributed by atoms with van der Waals surface area (Å²) in [5.41, 5.74) is 1.59. The Kier molecular flexibility index (Phi) is 5.01. The van der Waals surface area contributed by atoms with E-state index in [2.05, 4.69) is 11.9 Å². The van der Waals surface area contributed by atoms with Crippen molar-refractivity contribution in [1.29, 1.82) is 0 Å². The van der Waals surface area contributed by atoms with Crippen LogP contribution in [0.3, 0.4) is 0 Å². The molecule has 0 heterocycles. The van der Waals surface area contributed by atoms with Gasteiger partial charge >= 0.3 is 0 Å². The van der Waals surface area contributed by atoms with Crippen LogP contribution in [0.4, 0.5) is 5.69 Å². The molecule has 0 aromatic heterocycles. The topological polar surface area (TPSA) is 38.3 Å². The first kappa shape index (κ1) is 13.0. The monoisotopic (exact) mass is 231 g/mol. The summed E-state index contributed by atoms with van der Waals surface area (Å²) in [5, 5.41) is 2.78. The van der Waals surface area contributed by atoms with E-state index in [-0.39, 0.29) is 5.91 Å². The normalized spacial score (nSPS) is 10.8. The maximum Gasteiger partial charge on any atom is 0.221 e. The number of hydrogen-bond acceptors (Lipinski definition) is 2. The van der Waals surface area contributed by atoms with Gasteiger partial charge in [-0.25, -0.2) is 0 Å². The molecule has 0 aliphatic carbocycles. The van der Waals surface area contributed by atoms with Crippen molar-refractivity contribution in [2.75, 3.05) is 11.9 Å². The maximum absolute atomic E-state index is 11.1. The molecule has 0 atom stereocenters. The van der Waals surface area contributed by atoms with E-state index < -0.39 is 0 Å². The molecule has 0 saturated heterocycles. The highest BCUT2D eigenvalue weighted by molar-refractivity contribution is 5.92. The Bertz CT molecular complexity index is 436. The van der Waals surface area contributed by atoms with Gasteiger partial charge in [0.1, 0.15) is 5.76 Å². The van der Waals surface area contributed by atoms with Gasteiger partial charge in [-0.3, -0.25) is 4.79 Å². The lowest BCUT2D eigenvalue weighted by atomic mass is 10.1.